The fourth-order valence-electron chi connectivity index (χ4n) is 3.61. The van der Waals surface area contributed by atoms with Gasteiger partial charge in [0.1, 0.15) is 0 Å². The molecule has 1 aliphatic rings. The molecule has 1 atom stereocenters. The summed E-state index contributed by atoms with van der Waals surface area (Å²) < 4.78 is 0. The van der Waals surface area contributed by atoms with Crippen molar-refractivity contribution in [2.45, 2.75) is 31.7 Å². The number of aryl methyl sites for hydroxylation is 1. The van der Waals surface area contributed by atoms with E-state index in [0.717, 1.165) is 18.4 Å². The SMILES string of the molecule is NC(CC(=O)N1CCCN(C(=O)CCc2ccccc2)CC1)c1ccccc1. The fraction of sp³-hybridized carbons (Fsp3) is 0.391. The molecular weight excluding hydrogens is 350 g/mol. The quantitative estimate of drug-likeness (QED) is 0.839. The summed E-state index contributed by atoms with van der Waals surface area (Å²) in [6.07, 6.45) is 2.37. The highest BCUT2D eigenvalue weighted by molar-refractivity contribution is 5.78. The summed E-state index contributed by atoms with van der Waals surface area (Å²) in [5.41, 5.74) is 8.35. The largest absolute Gasteiger partial charge is 0.341 e. The maximum absolute atomic E-state index is 12.7. The van der Waals surface area contributed by atoms with Crippen LogP contribution in [0.15, 0.2) is 60.7 Å². The Morgan fingerprint density at radius 1 is 0.821 bits per heavy atom. The number of benzene rings is 2. The third kappa shape index (κ3) is 5.67. The molecule has 28 heavy (non-hydrogen) atoms. The first-order valence-corrected chi connectivity index (χ1v) is 10.0. The van der Waals surface area contributed by atoms with Gasteiger partial charge in [0, 0.05) is 45.1 Å². The first-order chi connectivity index (χ1) is 13.6. The van der Waals surface area contributed by atoms with Gasteiger partial charge >= 0.3 is 0 Å². The van der Waals surface area contributed by atoms with E-state index in [2.05, 4.69) is 0 Å². The van der Waals surface area contributed by atoms with E-state index in [0.29, 0.717) is 39.0 Å². The predicted molar refractivity (Wildman–Crippen MR) is 111 cm³/mol. The summed E-state index contributed by atoms with van der Waals surface area (Å²) in [4.78, 5) is 29.0. The maximum atomic E-state index is 12.7. The standard InChI is InChI=1S/C23H29N3O2/c24-21(20-10-5-2-6-11-20)18-23(28)26-15-7-14-25(16-17-26)22(27)13-12-19-8-3-1-4-9-19/h1-6,8-11,21H,7,12-18,24H2. The zero-order valence-corrected chi connectivity index (χ0v) is 16.3. The van der Waals surface area contributed by atoms with Crippen LogP contribution in [0.25, 0.3) is 0 Å². The topological polar surface area (TPSA) is 66.6 Å². The number of carbonyl (C=O) groups excluding carboxylic acids is 2. The molecule has 3 rings (SSSR count). The lowest BCUT2D eigenvalue weighted by Crippen LogP contribution is -2.38. The highest BCUT2D eigenvalue weighted by atomic mass is 16.2. The van der Waals surface area contributed by atoms with Crippen molar-refractivity contribution in [3.63, 3.8) is 0 Å². The van der Waals surface area contributed by atoms with Crippen molar-refractivity contribution in [1.82, 2.24) is 9.80 Å². The van der Waals surface area contributed by atoms with Crippen LogP contribution in [-0.4, -0.2) is 47.8 Å². The molecule has 1 saturated heterocycles. The van der Waals surface area contributed by atoms with Crippen LogP contribution in [0.4, 0.5) is 0 Å². The van der Waals surface area contributed by atoms with Crippen LogP contribution in [0.2, 0.25) is 0 Å². The summed E-state index contributed by atoms with van der Waals surface area (Å²) in [6.45, 7) is 2.57. The Morgan fingerprint density at radius 3 is 2.04 bits per heavy atom. The van der Waals surface area contributed by atoms with Crippen molar-refractivity contribution in [1.29, 1.82) is 0 Å². The Balaban J connectivity index is 1.47. The van der Waals surface area contributed by atoms with E-state index in [-0.39, 0.29) is 17.9 Å². The van der Waals surface area contributed by atoms with Crippen molar-refractivity contribution >= 4 is 11.8 Å². The number of hydrogen-bond acceptors (Lipinski definition) is 3. The predicted octanol–water partition coefficient (Wildman–Crippen LogP) is 2.77. The van der Waals surface area contributed by atoms with Gasteiger partial charge in [-0.3, -0.25) is 9.59 Å². The van der Waals surface area contributed by atoms with Gasteiger partial charge in [0.05, 0.1) is 0 Å². The van der Waals surface area contributed by atoms with Crippen LogP contribution in [0.3, 0.4) is 0 Å². The molecule has 0 aromatic heterocycles. The minimum Gasteiger partial charge on any atom is -0.341 e. The summed E-state index contributed by atoms with van der Waals surface area (Å²) in [5.74, 6) is 0.231. The average Bonchev–Trinajstić information content (AvgIpc) is 3.00. The number of hydrogen-bond donors (Lipinski definition) is 1. The van der Waals surface area contributed by atoms with E-state index in [1.54, 1.807) is 0 Å². The van der Waals surface area contributed by atoms with Crippen LogP contribution in [0.1, 0.15) is 36.4 Å². The monoisotopic (exact) mass is 379 g/mol. The Labute approximate surface area is 167 Å². The molecule has 5 nitrogen and oxygen atoms in total. The summed E-state index contributed by atoms with van der Waals surface area (Å²) in [6, 6.07) is 19.5. The molecule has 1 fully saturated rings. The zero-order chi connectivity index (χ0) is 19.8. The number of nitrogens with two attached hydrogens (primary N) is 1. The Kier molecular flexibility index (Phi) is 7.20. The van der Waals surface area contributed by atoms with Crippen molar-refractivity contribution < 1.29 is 9.59 Å². The minimum absolute atomic E-state index is 0.0648. The van der Waals surface area contributed by atoms with Crippen LogP contribution >= 0.6 is 0 Å². The van der Waals surface area contributed by atoms with Gasteiger partial charge in [-0.25, -0.2) is 0 Å². The van der Waals surface area contributed by atoms with Gasteiger partial charge in [-0.05, 0) is 24.0 Å². The summed E-state index contributed by atoms with van der Waals surface area (Å²) in [5, 5.41) is 0. The molecule has 0 bridgehead atoms. The molecular formula is C23H29N3O2. The molecule has 0 spiro atoms. The molecule has 2 aromatic carbocycles. The second kappa shape index (κ2) is 10.0. The molecule has 1 unspecified atom stereocenters. The first-order valence-electron chi connectivity index (χ1n) is 10.0. The van der Waals surface area contributed by atoms with E-state index in [9.17, 15) is 9.59 Å². The molecule has 2 aromatic rings. The maximum Gasteiger partial charge on any atom is 0.224 e. The third-order valence-electron chi connectivity index (χ3n) is 5.29. The second-order valence-corrected chi connectivity index (χ2v) is 7.32. The highest BCUT2D eigenvalue weighted by Crippen LogP contribution is 2.16. The van der Waals surface area contributed by atoms with E-state index in [4.69, 9.17) is 5.73 Å². The Morgan fingerprint density at radius 2 is 1.39 bits per heavy atom. The summed E-state index contributed by atoms with van der Waals surface area (Å²) in [7, 11) is 0. The first kappa shape index (κ1) is 20.1. The van der Waals surface area contributed by atoms with Crippen molar-refractivity contribution in [3.05, 3.63) is 71.8 Å². The zero-order valence-electron chi connectivity index (χ0n) is 16.3. The second-order valence-electron chi connectivity index (χ2n) is 7.32. The van der Waals surface area contributed by atoms with E-state index >= 15 is 0 Å². The normalized spacial score (nSPS) is 15.8. The van der Waals surface area contributed by atoms with Gasteiger partial charge in [-0.15, -0.1) is 0 Å². The lowest BCUT2D eigenvalue weighted by atomic mass is 10.0. The molecule has 2 amide bonds. The van der Waals surface area contributed by atoms with E-state index in [1.165, 1.54) is 5.56 Å². The number of nitrogens with zero attached hydrogens (tertiary/aromatic N) is 2. The number of carbonyl (C=O) groups is 2. The van der Waals surface area contributed by atoms with Crippen LogP contribution < -0.4 is 5.73 Å². The van der Waals surface area contributed by atoms with Crippen LogP contribution in [0.5, 0.6) is 0 Å². The Hall–Kier alpha value is -2.66. The van der Waals surface area contributed by atoms with E-state index < -0.39 is 0 Å². The van der Waals surface area contributed by atoms with Gasteiger partial charge in [-0.1, -0.05) is 60.7 Å². The van der Waals surface area contributed by atoms with Gasteiger partial charge in [0.25, 0.3) is 0 Å². The van der Waals surface area contributed by atoms with E-state index in [1.807, 2.05) is 70.5 Å². The van der Waals surface area contributed by atoms with Crippen LogP contribution in [-0.2, 0) is 16.0 Å². The van der Waals surface area contributed by atoms with Crippen molar-refractivity contribution in [3.8, 4) is 0 Å². The molecule has 0 radical (unpaired) electrons. The minimum atomic E-state index is -0.291. The van der Waals surface area contributed by atoms with Crippen molar-refractivity contribution in [2.75, 3.05) is 26.2 Å². The van der Waals surface area contributed by atoms with Gasteiger partial charge in [0.15, 0.2) is 0 Å². The number of amides is 2. The fourth-order valence-corrected chi connectivity index (χ4v) is 3.61. The number of rotatable bonds is 6. The average molecular weight is 380 g/mol. The smallest absolute Gasteiger partial charge is 0.224 e. The Bertz CT molecular complexity index is 764. The molecule has 1 aliphatic heterocycles. The molecule has 0 saturated carbocycles. The molecule has 0 aliphatic carbocycles. The van der Waals surface area contributed by atoms with Gasteiger partial charge in [-0.2, -0.15) is 0 Å². The summed E-state index contributed by atoms with van der Waals surface area (Å²) >= 11 is 0. The molecule has 148 valence electrons. The van der Waals surface area contributed by atoms with Crippen molar-refractivity contribution in [2.24, 2.45) is 5.73 Å². The molecule has 1 heterocycles. The lowest BCUT2D eigenvalue weighted by molar-refractivity contribution is -0.133. The molecule has 2 N–H and O–H groups in total. The van der Waals surface area contributed by atoms with Gasteiger partial charge < -0.3 is 15.5 Å². The highest BCUT2D eigenvalue weighted by Gasteiger charge is 2.23. The lowest BCUT2D eigenvalue weighted by Gasteiger charge is -2.23. The molecule has 5 heteroatoms. The van der Waals surface area contributed by atoms with Gasteiger partial charge in [0.2, 0.25) is 11.8 Å². The van der Waals surface area contributed by atoms with Crippen LogP contribution in [0, 0.1) is 0 Å². The third-order valence-corrected chi connectivity index (χ3v) is 5.29.